The van der Waals surface area contributed by atoms with E-state index in [1.165, 1.54) is 134 Å². The molecular formula is C48H62O. The molecule has 0 N–H and O–H groups in total. The number of benzene rings is 4. The summed E-state index contributed by atoms with van der Waals surface area (Å²) in [5.41, 5.74) is 10.3. The number of rotatable bonds is 22. The topological polar surface area (TPSA) is 9.23 Å². The van der Waals surface area contributed by atoms with Crippen molar-refractivity contribution in [3.63, 3.8) is 0 Å². The van der Waals surface area contributed by atoms with Gasteiger partial charge in [-0.15, -0.1) is 0 Å². The van der Waals surface area contributed by atoms with Gasteiger partial charge in [-0.2, -0.15) is 0 Å². The van der Waals surface area contributed by atoms with E-state index in [4.69, 9.17) is 4.74 Å². The van der Waals surface area contributed by atoms with E-state index in [1.54, 1.807) is 0 Å². The Hall–Kier alpha value is -3.84. The summed E-state index contributed by atoms with van der Waals surface area (Å²) in [6, 6.07) is 30.2. The first kappa shape index (κ1) is 38.0. The SMILES string of the molecule is CCCCCCCCCc1c(Oc2ccc(C)c(C=Cc3ccccc3)c2CCCCCCCCC)ccc(C)c1C=Cc1ccccc1. The Balaban J connectivity index is 1.66. The molecule has 0 bridgehead atoms. The molecule has 0 saturated carbocycles. The van der Waals surface area contributed by atoms with Crippen LogP contribution in [-0.4, -0.2) is 0 Å². The number of unbranched alkanes of at least 4 members (excludes halogenated alkanes) is 12. The molecule has 0 heterocycles. The van der Waals surface area contributed by atoms with Gasteiger partial charge in [0.05, 0.1) is 0 Å². The fraction of sp³-hybridized carbons (Fsp3) is 0.417. The molecule has 0 radical (unpaired) electrons. The zero-order chi connectivity index (χ0) is 34.5. The summed E-state index contributed by atoms with van der Waals surface area (Å²) in [6.07, 6.45) is 29.4. The van der Waals surface area contributed by atoms with E-state index in [1.807, 2.05) is 0 Å². The standard InChI is InChI=1S/C48H62O/c1-5-7-9-11-13-15-23-29-45-43(35-33-41-25-19-17-20-26-41)39(3)31-37-47(45)49-48-38-32-40(4)44(36-34-42-27-21-18-22-28-42)46(48)30-24-16-14-12-10-8-6-2/h17-22,25-28,31-38H,5-16,23-24,29-30H2,1-4H3. The first-order valence-corrected chi connectivity index (χ1v) is 19.5. The van der Waals surface area contributed by atoms with Gasteiger partial charge in [0.15, 0.2) is 0 Å². The average molecular weight is 655 g/mol. The molecule has 4 aromatic carbocycles. The maximum absolute atomic E-state index is 7.09. The Morgan fingerprint density at radius 1 is 0.408 bits per heavy atom. The Bertz CT molecular complexity index is 1440. The zero-order valence-electron chi connectivity index (χ0n) is 31.1. The minimum Gasteiger partial charge on any atom is -0.457 e. The van der Waals surface area contributed by atoms with Crippen molar-refractivity contribution in [2.45, 2.75) is 130 Å². The van der Waals surface area contributed by atoms with E-state index in [0.717, 1.165) is 24.3 Å². The van der Waals surface area contributed by atoms with Gasteiger partial charge in [-0.25, -0.2) is 0 Å². The molecule has 0 amide bonds. The highest BCUT2D eigenvalue weighted by Gasteiger charge is 2.16. The third-order valence-electron chi connectivity index (χ3n) is 9.83. The van der Waals surface area contributed by atoms with Crippen LogP contribution in [-0.2, 0) is 12.8 Å². The van der Waals surface area contributed by atoms with Crippen molar-refractivity contribution >= 4 is 24.3 Å². The monoisotopic (exact) mass is 654 g/mol. The maximum atomic E-state index is 7.09. The minimum atomic E-state index is 1.01. The van der Waals surface area contributed by atoms with Crippen molar-refractivity contribution in [2.24, 2.45) is 0 Å². The van der Waals surface area contributed by atoms with Gasteiger partial charge in [-0.3, -0.25) is 0 Å². The number of ether oxygens (including phenoxy) is 1. The third-order valence-corrected chi connectivity index (χ3v) is 9.83. The summed E-state index contributed by atoms with van der Waals surface area (Å²) in [4.78, 5) is 0. The van der Waals surface area contributed by atoms with Gasteiger partial charge in [0.1, 0.15) is 11.5 Å². The lowest BCUT2D eigenvalue weighted by atomic mass is 9.93. The Morgan fingerprint density at radius 3 is 1.16 bits per heavy atom. The van der Waals surface area contributed by atoms with Crippen LogP contribution in [0.15, 0.2) is 84.9 Å². The van der Waals surface area contributed by atoms with Crippen LogP contribution in [0.1, 0.15) is 148 Å². The molecule has 0 spiro atoms. The molecule has 0 saturated heterocycles. The van der Waals surface area contributed by atoms with Gasteiger partial charge in [-0.1, -0.05) is 188 Å². The van der Waals surface area contributed by atoms with Gasteiger partial charge in [0, 0.05) is 11.1 Å². The predicted molar refractivity (Wildman–Crippen MR) is 217 cm³/mol. The Labute approximate surface area is 299 Å². The van der Waals surface area contributed by atoms with Crippen LogP contribution >= 0.6 is 0 Å². The summed E-state index contributed by atoms with van der Waals surface area (Å²) in [7, 11) is 0. The first-order chi connectivity index (χ1) is 24.1. The van der Waals surface area contributed by atoms with Crippen molar-refractivity contribution in [1.29, 1.82) is 0 Å². The molecule has 1 heteroatoms. The second kappa shape index (κ2) is 22.0. The smallest absolute Gasteiger partial charge is 0.131 e. The molecule has 0 atom stereocenters. The van der Waals surface area contributed by atoms with Gasteiger partial charge >= 0.3 is 0 Å². The Morgan fingerprint density at radius 2 is 0.776 bits per heavy atom. The molecule has 0 fully saturated rings. The van der Waals surface area contributed by atoms with Gasteiger partial charge < -0.3 is 4.74 Å². The van der Waals surface area contributed by atoms with Crippen molar-refractivity contribution in [2.75, 3.05) is 0 Å². The normalized spacial score (nSPS) is 11.6. The lowest BCUT2D eigenvalue weighted by molar-refractivity contribution is 0.465. The lowest BCUT2D eigenvalue weighted by Crippen LogP contribution is -2.02. The van der Waals surface area contributed by atoms with Crippen molar-refractivity contribution < 1.29 is 4.74 Å². The van der Waals surface area contributed by atoms with E-state index in [-0.39, 0.29) is 0 Å². The molecule has 260 valence electrons. The Kier molecular flexibility index (Phi) is 17.0. The van der Waals surface area contributed by atoms with Crippen LogP contribution in [0.4, 0.5) is 0 Å². The molecular weight excluding hydrogens is 593 g/mol. The van der Waals surface area contributed by atoms with Gasteiger partial charge in [0.25, 0.3) is 0 Å². The molecule has 0 aliphatic heterocycles. The summed E-state index contributed by atoms with van der Waals surface area (Å²) >= 11 is 0. The van der Waals surface area contributed by atoms with Crippen LogP contribution in [0.25, 0.3) is 24.3 Å². The highest BCUT2D eigenvalue weighted by Crippen LogP contribution is 2.37. The molecule has 0 unspecified atom stereocenters. The van der Waals surface area contributed by atoms with Crippen LogP contribution < -0.4 is 4.74 Å². The van der Waals surface area contributed by atoms with Gasteiger partial charge in [-0.05, 0) is 85.0 Å². The fourth-order valence-corrected chi connectivity index (χ4v) is 6.82. The highest BCUT2D eigenvalue weighted by molar-refractivity contribution is 5.76. The number of hydrogen-bond donors (Lipinski definition) is 0. The quantitative estimate of drug-likeness (QED) is 0.0605. The van der Waals surface area contributed by atoms with E-state index >= 15 is 0 Å². The number of aryl methyl sites for hydroxylation is 2. The molecule has 49 heavy (non-hydrogen) atoms. The highest BCUT2D eigenvalue weighted by atomic mass is 16.5. The van der Waals surface area contributed by atoms with E-state index < -0.39 is 0 Å². The first-order valence-electron chi connectivity index (χ1n) is 19.5. The molecule has 4 rings (SSSR count). The molecule has 0 aliphatic carbocycles. The van der Waals surface area contributed by atoms with Crippen LogP contribution in [0.5, 0.6) is 11.5 Å². The number of hydrogen-bond acceptors (Lipinski definition) is 1. The van der Waals surface area contributed by atoms with E-state index in [2.05, 4.69) is 137 Å². The van der Waals surface area contributed by atoms with E-state index in [0.29, 0.717) is 0 Å². The summed E-state index contributed by atoms with van der Waals surface area (Å²) in [5.74, 6) is 2.01. The van der Waals surface area contributed by atoms with E-state index in [9.17, 15) is 0 Å². The van der Waals surface area contributed by atoms with Gasteiger partial charge in [0.2, 0.25) is 0 Å². The second-order valence-corrected chi connectivity index (χ2v) is 13.9. The molecule has 0 aliphatic rings. The molecule has 1 nitrogen and oxygen atoms in total. The predicted octanol–water partition coefficient (Wildman–Crippen LogP) is 15.0. The zero-order valence-corrected chi connectivity index (χ0v) is 31.1. The average Bonchev–Trinajstić information content (AvgIpc) is 3.12. The summed E-state index contributed by atoms with van der Waals surface area (Å²) in [6.45, 7) is 9.07. The summed E-state index contributed by atoms with van der Waals surface area (Å²) < 4.78 is 7.09. The second-order valence-electron chi connectivity index (χ2n) is 13.9. The van der Waals surface area contributed by atoms with Crippen LogP contribution in [0.3, 0.4) is 0 Å². The van der Waals surface area contributed by atoms with Crippen molar-refractivity contribution in [1.82, 2.24) is 0 Å². The molecule has 4 aromatic rings. The largest absolute Gasteiger partial charge is 0.457 e. The lowest BCUT2D eigenvalue weighted by Gasteiger charge is -2.20. The fourth-order valence-electron chi connectivity index (χ4n) is 6.82. The van der Waals surface area contributed by atoms with Crippen molar-refractivity contribution in [3.8, 4) is 11.5 Å². The van der Waals surface area contributed by atoms with Crippen LogP contribution in [0, 0.1) is 13.8 Å². The minimum absolute atomic E-state index is 1.01. The third kappa shape index (κ3) is 12.8. The maximum Gasteiger partial charge on any atom is 0.131 e. The van der Waals surface area contributed by atoms with Crippen LogP contribution in [0.2, 0.25) is 0 Å². The summed E-state index contributed by atoms with van der Waals surface area (Å²) in [5, 5.41) is 0. The van der Waals surface area contributed by atoms with Crippen molar-refractivity contribution in [3.05, 3.63) is 129 Å². The molecule has 0 aromatic heterocycles.